The number of carbonyl (C=O) groups is 2. The molecule has 1 saturated heterocycles. The minimum Gasteiger partial charge on any atom is -0.493 e. The van der Waals surface area contributed by atoms with Crippen molar-refractivity contribution < 1.29 is 37.3 Å². The van der Waals surface area contributed by atoms with Crippen LogP contribution >= 0.6 is 0 Å². The number of halogens is 3. The fourth-order valence-corrected chi connectivity index (χ4v) is 9.53. The number of nitrogens with zero attached hydrogens (tertiary/aromatic N) is 6. The molecular formula is C42H44F3N7O5. The lowest BCUT2D eigenvalue weighted by Gasteiger charge is -2.52. The van der Waals surface area contributed by atoms with Gasteiger partial charge in [0.15, 0.2) is 17.3 Å². The smallest absolute Gasteiger partial charge is 0.434 e. The number of methoxy groups -OCH3 is 1. The van der Waals surface area contributed by atoms with Crippen LogP contribution in [0, 0.1) is 23.7 Å². The molecule has 1 aromatic carbocycles. The number of ether oxygens (including phenoxy) is 2. The Labute approximate surface area is 327 Å². The quantitative estimate of drug-likeness (QED) is 0.153. The zero-order valence-electron chi connectivity index (χ0n) is 31.9. The summed E-state index contributed by atoms with van der Waals surface area (Å²) in [4.78, 5) is 46.4. The van der Waals surface area contributed by atoms with Gasteiger partial charge in [-0.1, -0.05) is 13.8 Å². The third-order valence-corrected chi connectivity index (χ3v) is 12.1. The van der Waals surface area contributed by atoms with Crippen LogP contribution in [0.2, 0.25) is 0 Å². The van der Waals surface area contributed by atoms with Crippen LogP contribution in [-0.2, 0) is 11.0 Å². The summed E-state index contributed by atoms with van der Waals surface area (Å²) >= 11 is 0. The molecule has 2 N–H and O–H groups in total. The van der Waals surface area contributed by atoms with Gasteiger partial charge in [-0.2, -0.15) is 13.2 Å². The van der Waals surface area contributed by atoms with E-state index in [1.807, 2.05) is 6.07 Å². The van der Waals surface area contributed by atoms with Gasteiger partial charge in [-0.25, -0.2) is 24.7 Å². The summed E-state index contributed by atoms with van der Waals surface area (Å²) in [7, 11) is 1.51. The molecule has 57 heavy (non-hydrogen) atoms. The summed E-state index contributed by atoms with van der Waals surface area (Å²) in [5.41, 5.74) is -2.94. The van der Waals surface area contributed by atoms with E-state index in [0.717, 1.165) is 25.3 Å². The van der Waals surface area contributed by atoms with Crippen LogP contribution in [0.1, 0.15) is 68.4 Å². The second kappa shape index (κ2) is 15.0. The minimum absolute atomic E-state index is 0.0374. The molecule has 3 fully saturated rings. The summed E-state index contributed by atoms with van der Waals surface area (Å²) < 4.78 is 58.6. The van der Waals surface area contributed by atoms with Crippen molar-refractivity contribution in [3.05, 3.63) is 84.6 Å². The van der Waals surface area contributed by atoms with Crippen molar-refractivity contribution >= 4 is 28.7 Å². The summed E-state index contributed by atoms with van der Waals surface area (Å²) in [6, 6.07) is 13.0. The molecule has 5 unspecified atom stereocenters. The van der Waals surface area contributed by atoms with E-state index in [9.17, 15) is 27.9 Å². The van der Waals surface area contributed by atoms with Gasteiger partial charge >= 0.3 is 12.1 Å². The molecule has 5 aromatic rings. The zero-order valence-corrected chi connectivity index (χ0v) is 31.9. The number of alkyl halides is 3. The number of benzene rings is 1. The van der Waals surface area contributed by atoms with Crippen molar-refractivity contribution in [1.82, 2.24) is 29.8 Å². The first-order chi connectivity index (χ1) is 27.3. The third-order valence-electron chi connectivity index (χ3n) is 12.1. The maximum atomic E-state index is 14.9. The van der Waals surface area contributed by atoms with Crippen molar-refractivity contribution in [3.8, 4) is 28.6 Å². The number of carboxylic acids is 1. The Morgan fingerprint density at radius 3 is 2.42 bits per heavy atom. The first-order valence-electron chi connectivity index (χ1n) is 19.3. The maximum Gasteiger partial charge on any atom is 0.434 e. The molecule has 2 bridgehead atoms. The van der Waals surface area contributed by atoms with Gasteiger partial charge in [-0.15, -0.1) is 0 Å². The standard InChI is InChI=1S/C42H44F3N7O5/c1-24-18-26-20-25(2)41(39(54)55,27(19-24)21-26)50-38(53)31-9-10-33(49-36(31)42(43,44)45)32-23-52(37-35(56-3)6-4-13-46-37)34-22-29(7-8-30(32)34)57-28-11-16-51(17-12-28)40-47-14-5-15-48-40/h4-10,13-15,22-28H,11-12,16-21H2,1-3H3,(H,50,53)(H,54,55). The molecular weight excluding hydrogens is 739 g/mol. The van der Waals surface area contributed by atoms with Gasteiger partial charge in [0.25, 0.3) is 5.91 Å². The molecule has 0 radical (unpaired) electrons. The highest BCUT2D eigenvalue weighted by Crippen LogP contribution is 2.50. The van der Waals surface area contributed by atoms with Crippen molar-refractivity contribution in [3.63, 3.8) is 0 Å². The summed E-state index contributed by atoms with van der Waals surface area (Å²) in [6.07, 6.45) is 5.69. The van der Waals surface area contributed by atoms with Crippen LogP contribution in [0.15, 0.2) is 73.3 Å². The van der Waals surface area contributed by atoms with Crippen molar-refractivity contribution in [1.29, 1.82) is 0 Å². The average molecular weight is 784 g/mol. The second-order valence-electron chi connectivity index (χ2n) is 15.7. The van der Waals surface area contributed by atoms with Crippen LogP contribution in [0.3, 0.4) is 0 Å². The van der Waals surface area contributed by atoms with E-state index in [2.05, 4.69) is 37.1 Å². The monoisotopic (exact) mass is 783 g/mol. The van der Waals surface area contributed by atoms with Crippen LogP contribution < -0.4 is 19.7 Å². The molecule has 2 aliphatic carbocycles. The number of carboxylic acid groups (broad SMARTS) is 1. The fraction of sp³-hybridized carbons (Fsp3) is 0.429. The lowest BCUT2D eigenvalue weighted by Crippen LogP contribution is -2.66. The van der Waals surface area contributed by atoms with Gasteiger partial charge < -0.3 is 24.8 Å². The number of aromatic nitrogens is 5. The Kier molecular flexibility index (Phi) is 10.0. The molecule has 15 heteroatoms. The van der Waals surface area contributed by atoms with Crippen LogP contribution in [-0.4, -0.2) is 73.3 Å². The van der Waals surface area contributed by atoms with E-state index in [-0.39, 0.29) is 17.7 Å². The Morgan fingerprint density at radius 2 is 1.70 bits per heavy atom. The molecule has 5 atom stereocenters. The molecule has 3 aliphatic rings. The molecule has 5 heterocycles. The predicted molar refractivity (Wildman–Crippen MR) is 205 cm³/mol. The lowest BCUT2D eigenvalue weighted by atomic mass is 9.56. The molecule has 1 amide bonds. The average Bonchev–Trinajstić information content (AvgIpc) is 3.57. The number of hydrogen-bond donors (Lipinski definition) is 2. The Morgan fingerprint density at radius 1 is 0.947 bits per heavy atom. The summed E-state index contributed by atoms with van der Waals surface area (Å²) in [6.45, 7) is 5.23. The summed E-state index contributed by atoms with van der Waals surface area (Å²) in [5, 5.41) is 13.8. The topological polar surface area (TPSA) is 145 Å². The van der Waals surface area contributed by atoms with Crippen molar-refractivity contribution in [2.75, 3.05) is 25.1 Å². The second-order valence-corrected chi connectivity index (χ2v) is 15.7. The van der Waals surface area contributed by atoms with Gasteiger partial charge in [0.05, 0.1) is 23.9 Å². The number of pyridine rings is 2. The SMILES string of the molecule is COc1cccnc1-n1cc(-c2ccc(C(=O)NC3(C(=O)O)C(C)CC4CC(C)CC3C4)c(C(F)(F)F)n2)c2ccc(OC3CCN(c4ncccn4)CC3)cc21. The van der Waals surface area contributed by atoms with E-state index in [1.165, 1.54) is 13.2 Å². The van der Waals surface area contributed by atoms with Gasteiger partial charge in [-0.3, -0.25) is 9.36 Å². The van der Waals surface area contributed by atoms with E-state index < -0.39 is 46.7 Å². The number of carbonyl (C=O) groups excluding carboxylic acids is 1. The van der Waals surface area contributed by atoms with E-state index in [1.54, 1.807) is 66.6 Å². The Hall–Kier alpha value is -5.73. The number of hydrogen-bond acceptors (Lipinski definition) is 9. The highest BCUT2D eigenvalue weighted by molar-refractivity contribution is 6.01. The van der Waals surface area contributed by atoms with E-state index in [0.29, 0.717) is 78.0 Å². The Balaban J connectivity index is 1.14. The fourth-order valence-electron chi connectivity index (χ4n) is 9.53. The molecule has 0 spiro atoms. The van der Waals surface area contributed by atoms with E-state index in [4.69, 9.17) is 9.47 Å². The Bertz CT molecular complexity index is 2290. The van der Waals surface area contributed by atoms with Crippen LogP contribution in [0.5, 0.6) is 11.5 Å². The van der Waals surface area contributed by atoms with Crippen LogP contribution in [0.4, 0.5) is 19.1 Å². The summed E-state index contributed by atoms with van der Waals surface area (Å²) in [5.74, 6) is -0.598. The van der Waals surface area contributed by atoms with Crippen molar-refractivity contribution in [2.24, 2.45) is 23.7 Å². The normalized spacial score (nSPS) is 23.9. The van der Waals surface area contributed by atoms with Crippen LogP contribution in [0.25, 0.3) is 28.0 Å². The van der Waals surface area contributed by atoms with Crippen molar-refractivity contribution in [2.45, 2.75) is 70.2 Å². The van der Waals surface area contributed by atoms with Gasteiger partial charge in [-0.05, 0) is 91.8 Å². The predicted octanol–water partition coefficient (Wildman–Crippen LogP) is 7.60. The third kappa shape index (κ3) is 7.12. The van der Waals surface area contributed by atoms with E-state index >= 15 is 0 Å². The number of anilines is 1. The zero-order chi connectivity index (χ0) is 40.1. The number of nitrogens with one attached hydrogen (secondary N) is 1. The molecule has 2 saturated carbocycles. The maximum absolute atomic E-state index is 14.9. The van der Waals surface area contributed by atoms with Gasteiger partial charge in [0.1, 0.15) is 17.4 Å². The number of amides is 1. The lowest BCUT2D eigenvalue weighted by molar-refractivity contribution is -0.155. The largest absolute Gasteiger partial charge is 0.493 e. The molecule has 298 valence electrons. The number of rotatable bonds is 9. The van der Waals surface area contributed by atoms with Gasteiger partial charge in [0, 0.05) is 67.7 Å². The molecule has 8 rings (SSSR count). The first kappa shape index (κ1) is 38.2. The molecule has 1 aliphatic heterocycles. The first-order valence-corrected chi connectivity index (χ1v) is 19.3. The highest BCUT2D eigenvalue weighted by atomic mass is 19.4. The number of fused-ring (bicyclic) bond motifs is 3. The minimum atomic E-state index is -5.03. The van der Waals surface area contributed by atoms with Gasteiger partial charge in [0.2, 0.25) is 5.95 Å². The highest BCUT2D eigenvalue weighted by Gasteiger charge is 2.57. The molecule has 12 nitrogen and oxygen atoms in total. The number of aliphatic carboxylic acids is 1. The number of piperidine rings is 1. The molecule has 4 aromatic heterocycles.